The van der Waals surface area contributed by atoms with Crippen LogP contribution in [-0.2, 0) is 16.1 Å². The maximum Gasteiger partial charge on any atom is 0.309 e. The molecule has 2 amide bonds. The Morgan fingerprint density at radius 1 is 1.00 bits per heavy atom. The lowest BCUT2D eigenvalue weighted by atomic mass is 10.1. The van der Waals surface area contributed by atoms with Crippen LogP contribution in [0.25, 0.3) is 0 Å². The Bertz CT molecular complexity index is 641. The van der Waals surface area contributed by atoms with Crippen LogP contribution in [0.15, 0.2) is 54.6 Å². The van der Waals surface area contributed by atoms with Crippen LogP contribution in [0.5, 0.6) is 0 Å². The average Bonchev–Trinajstić information content (AvgIpc) is 2.54. The fraction of sp³-hybridized carbons (Fsp3) is 0.176. The monoisotopic (exact) mass is 300 g/mol. The third-order valence-electron chi connectivity index (χ3n) is 3.22. The highest BCUT2D eigenvalue weighted by molar-refractivity contribution is 6.35. The van der Waals surface area contributed by atoms with Crippen molar-refractivity contribution < 1.29 is 14.0 Å². The Hall–Kier alpha value is -2.69. The number of carbonyl (C=O) groups excluding carboxylic acids is 2. The highest BCUT2D eigenvalue weighted by Crippen LogP contribution is 2.10. The van der Waals surface area contributed by atoms with Gasteiger partial charge in [-0.3, -0.25) is 9.59 Å². The second-order valence-corrected chi connectivity index (χ2v) is 4.91. The summed E-state index contributed by atoms with van der Waals surface area (Å²) in [6.45, 7) is 1.98. The van der Waals surface area contributed by atoms with Crippen molar-refractivity contribution in [1.29, 1.82) is 0 Å². The highest BCUT2D eigenvalue weighted by Gasteiger charge is 2.16. The van der Waals surface area contributed by atoms with Gasteiger partial charge in [0.15, 0.2) is 0 Å². The summed E-state index contributed by atoms with van der Waals surface area (Å²) >= 11 is 0. The van der Waals surface area contributed by atoms with E-state index in [4.69, 9.17) is 0 Å². The van der Waals surface area contributed by atoms with Crippen LogP contribution in [0.4, 0.5) is 4.39 Å². The molecule has 0 saturated heterocycles. The third-order valence-corrected chi connectivity index (χ3v) is 3.22. The maximum atomic E-state index is 12.8. The molecule has 114 valence electrons. The first kappa shape index (κ1) is 15.7. The first-order valence-electron chi connectivity index (χ1n) is 6.94. The van der Waals surface area contributed by atoms with Gasteiger partial charge in [-0.05, 0) is 30.2 Å². The van der Waals surface area contributed by atoms with Crippen molar-refractivity contribution in [3.63, 3.8) is 0 Å². The van der Waals surface area contributed by atoms with Crippen LogP contribution >= 0.6 is 0 Å². The Kier molecular flexibility index (Phi) is 5.25. The van der Waals surface area contributed by atoms with Crippen molar-refractivity contribution >= 4 is 11.8 Å². The highest BCUT2D eigenvalue weighted by atomic mass is 19.1. The molecular weight excluding hydrogens is 283 g/mol. The quantitative estimate of drug-likeness (QED) is 0.851. The molecule has 0 heterocycles. The molecule has 0 aliphatic rings. The maximum absolute atomic E-state index is 12.8. The predicted molar refractivity (Wildman–Crippen MR) is 81.2 cm³/mol. The van der Waals surface area contributed by atoms with Crippen molar-refractivity contribution in [3.05, 3.63) is 71.5 Å². The number of carbonyl (C=O) groups is 2. The van der Waals surface area contributed by atoms with Crippen LogP contribution in [0.3, 0.4) is 0 Å². The van der Waals surface area contributed by atoms with Gasteiger partial charge in [-0.2, -0.15) is 0 Å². The molecule has 5 heteroatoms. The zero-order valence-corrected chi connectivity index (χ0v) is 12.2. The minimum Gasteiger partial charge on any atom is -0.344 e. The van der Waals surface area contributed by atoms with E-state index >= 15 is 0 Å². The van der Waals surface area contributed by atoms with E-state index in [0.717, 1.165) is 11.1 Å². The number of halogens is 1. The fourth-order valence-corrected chi connectivity index (χ4v) is 1.95. The second kappa shape index (κ2) is 7.36. The molecule has 0 bridgehead atoms. The zero-order chi connectivity index (χ0) is 15.9. The molecule has 0 aromatic heterocycles. The normalized spacial score (nSPS) is 11.5. The van der Waals surface area contributed by atoms with Gasteiger partial charge in [0.05, 0.1) is 6.04 Å². The van der Waals surface area contributed by atoms with E-state index in [9.17, 15) is 14.0 Å². The van der Waals surface area contributed by atoms with Crippen LogP contribution in [0.1, 0.15) is 24.1 Å². The van der Waals surface area contributed by atoms with Crippen molar-refractivity contribution in [2.24, 2.45) is 0 Å². The molecule has 2 N–H and O–H groups in total. The van der Waals surface area contributed by atoms with Crippen LogP contribution < -0.4 is 10.6 Å². The van der Waals surface area contributed by atoms with E-state index in [1.54, 1.807) is 19.1 Å². The molecular formula is C17H17FN2O2. The Morgan fingerprint density at radius 2 is 1.64 bits per heavy atom. The summed E-state index contributed by atoms with van der Waals surface area (Å²) in [5.41, 5.74) is 1.64. The summed E-state index contributed by atoms with van der Waals surface area (Å²) in [4.78, 5) is 23.6. The summed E-state index contributed by atoms with van der Waals surface area (Å²) in [7, 11) is 0. The van der Waals surface area contributed by atoms with Gasteiger partial charge in [0.2, 0.25) is 0 Å². The van der Waals surface area contributed by atoms with Gasteiger partial charge >= 0.3 is 11.8 Å². The first-order chi connectivity index (χ1) is 10.6. The largest absolute Gasteiger partial charge is 0.344 e. The smallest absolute Gasteiger partial charge is 0.309 e. The van der Waals surface area contributed by atoms with Crippen LogP contribution in [0, 0.1) is 5.82 Å². The number of amides is 2. The molecule has 2 aromatic rings. The van der Waals surface area contributed by atoms with E-state index in [1.165, 1.54) is 12.1 Å². The molecule has 0 saturated carbocycles. The number of hydrogen-bond donors (Lipinski definition) is 2. The fourth-order valence-electron chi connectivity index (χ4n) is 1.95. The average molecular weight is 300 g/mol. The van der Waals surface area contributed by atoms with Gasteiger partial charge in [0.25, 0.3) is 0 Å². The molecule has 0 spiro atoms. The van der Waals surface area contributed by atoms with Gasteiger partial charge in [0.1, 0.15) is 5.82 Å². The summed E-state index contributed by atoms with van der Waals surface area (Å²) < 4.78 is 12.8. The van der Waals surface area contributed by atoms with Crippen molar-refractivity contribution in [2.45, 2.75) is 19.5 Å². The van der Waals surface area contributed by atoms with E-state index in [1.807, 2.05) is 30.3 Å². The van der Waals surface area contributed by atoms with Gasteiger partial charge in [-0.1, -0.05) is 42.5 Å². The molecule has 0 aliphatic heterocycles. The first-order valence-corrected chi connectivity index (χ1v) is 6.94. The van der Waals surface area contributed by atoms with Crippen molar-refractivity contribution in [2.75, 3.05) is 0 Å². The summed E-state index contributed by atoms with van der Waals surface area (Å²) in [5, 5.41) is 5.13. The van der Waals surface area contributed by atoms with Gasteiger partial charge in [-0.25, -0.2) is 4.39 Å². The number of benzene rings is 2. The third kappa shape index (κ3) is 4.41. The Morgan fingerprint density at radius 3 is 2.27 bits per heavy atom. The minimum absolute atomic E-state index is 0.173. The van der Waals surface area contributed by atoms with Gasteiger partial charge in [-0.15, -0.1) is 0 Å². The SMILES string of the molecule is C[C@H](NC(=O)C(=O)NCc1ccc(F)cc1)c1ccccc1. The molecule has 0 unspecified atom stereocenters. The Labute approximate surface area is 128 Å². The van der Waals surface area contributed by atoms with E-state index in [-0.39, 0.29) is 18.4 Å². The summed E-state index contributed by atoms with van der Waals surface area (Å²) in [5.74, 6) is -1.75. The Balaban J connectivity index is 1.84. The van der Waals surface area contributed by atoms with E-state index in [2.05, 4.69) is 10.6 Å². The summed E-state index contributed by atoms with van der Waals surface area (Å²) in [6, 6.07) is 14.8. The number of hydrogen-bond acceptors (Lipinski definition) is 2. The molecule has 0 aliphatic carbocycles. The van der Waals surface area contributed by atoms with Gasteiger partial charge < -0.3 is 10.6 Å². The lowest BCUT2D eigenvalue weighted by molar-refractivity contribution is -0.139. The molecule has 4 nitrogen and oxygen atoms in total. The predicted octanol–water partition coefficient (Wildman–Crippen LogP) is 2.32. The lowest BCUT2D eigenvalue weighted by Gasteiger charge is -2.14. The number of rotatable bonds is 4. The topological polar surface area (TPSA) is 58.2 Å². The van der Waals surface area contributed by atoms with Crippen LogP contribution in [-0.4, -0.2) is 11.8 Å². The molecule has 0 radical (unpaired) electrons. The zero-order valence-electron chi connectivity index (χ0n) is 12.2. The standard InChI is InChI=1S/C17H17FN2O2/c1-12(14-5-3-2-4-6-14)20-17(22)16(21)19-11-13-7-9-15(18)10-8-13/h2-10,12H,11H2,1H3,(H,19,21)(H,20,22)/t12-/m0/s1. The van der Waals surface area contributed by atoms with Gasteiger partial charge in [0, 0.05) is 6.54 Å². The molecule has 0 fully saturated rings. The van der Waals surface area contributed by atoms with E-state index in [0.29, 0.717) is 0 Å². The summed E-state index contributed by atoms with van der Waals surface area (Å²) in [6.07, 6.45) is 0. The minimum atomic E-state index is -0.716. The lowest BCUT2D eigenvalue weighted by Crippen LogP contribution is -2.40. The molecule has 2 aromatic carbocycles. The van der Waals surface area contributed by atoms with E-state index < -0.39 is 11.8 Å². The molecule has 1 atom stereocenters. The second-order valence-electron chi connectivity index (χ2n) is 4.91. The van der Waals surface area contributed by atoms with Crippen molar-refractivity contribution in [3.8, 4) is 0 Å². The van der Waals surface area contributed by atoms with Crippen LogP contribution in [0.2, 0.25) is 0 Å². The number of nitrogens with one attached hydrogen (secondary N) is 2. The van der Waals surface area contributed by atoms with Crippen molar-refractivity contribution in [1.82, 2.24) is 10.6 Å². The molecule has 22 heavy (non-hydrogen) atoms. The molecule has 2 rings (SSSR count).